The van der Waals surface area contributed by atoms with Gasteiger partial charge in [0.05, 0.1) is 29.2 Å². The van der Waals surface area contributed by atoms with E-state index in [-0.39, 0.29) is 18.3 Å². The lowest BCUT2D eigenvalue weighted by Crippen LogP contribution is -2.24. The van der Waals surface area contributed by atoms with E-state index >= 15 is 0 Å². The Morgan fingerprint density at radius 1 is 1.23 bits per heavy atom. The monoisotopic (exact) mass is 419 g/mol. The fourth-order valence-electron chi connectivity index (χ4n) is 4.00. The maximum absolute atomic E-state index is 12.9. The minimum atomic E-state index is -1.07. The summed E-state index contributed by atoms with van der Waals surface area (Å²) < 4.78 is 8.83. The van der Waals surface area contributed by atoms with Crippen LogP contribution in [0.2, 0.25) is 0 Å². The normalized spacial score (nSPS) is 16.6. The van der Waals surface area contributed by atoms with Crippen molar-refractivity contribution in [3.63, 3.8) is 0 Å². The van der Waals surface area contributed by atoms with Gasteiger partial charge in [-0.15, -0.1) is 0 Å². The molecule has 5 rings (SSSR count). The van der Waals surface area contributed by atoms with Crippen LogP contribution in [0.3, 0.4) is 0 Å². The van der Waals surface area contributed by atoms with Gasteiger partial charge in [0.2, 0.25) is 0 Å². The van der Waals surface area contributed by atoms with E-state index in [0.29, 0.717) is 16.8 Å². The summed E-state index contributed by atoms with van der Waals surface area (Å²) in [5, 5.41) is 18.8. The molecule has 1 aromatic carbocycles. The molecular weight excluding hydrogens is 398 g/mol. The zero-order valence-corrected chi connectivity index (χ0v) is 16.7. The Hall–Kier alpha value is -3.72. The smallest absolute Gasteiger partial charge is 0.323 e. The number of rotatable bonds is 5. The lowest BCUT2D eigenvalue weighted by molar-refractivity contribution is -0.137. The van der Waals surface area contributed by atoms with Gasteiger partial charge < -0.3 is 19.7 Å². The van der Waals surface area contributed by atoms with Crippen molar-refractivity contribution in [1.82, 2.24) is 19.3 Å². The summed E-state index contributed by atoms with van der Waals surface area (Å²) in [4.78, 5) is 28.5. The number of nitrogens with one attached hydrogen (secondary N) is 1. The zero-order chi connectivity index (χ0) is 21.4. The molecule has 0 radical (unpaired) electrons. The van der Waals surface area contributed by atoms with Crippen LogP contribution in [-0.4, -0.2) is 37.0 Å². The molecule has 2 N–H and O–H groups in total. The molecule has 158 valence electrons. The lowest BCUT2D eigenvalue weighted by Gasteiger charge is -2.23. The summed E-state index contributed by atoms with van der Waals surface area (Å²) in [6.45, 7) is 0.338. The molecule has 9 heteroatoms. The zero-order valence-electron chi connectivity index (χ0n) is 16.7. The third-order valence-corrected chi connectivity index (χ3v) is 5.45. The topological polar surface area (TPSA) is 111 Å². The average molecular weight is 419 g/mol. The Bertz CT molecular complexity index is 1340. The van der Waals surface area contributed by atoms with Gasteiger partial charge >= 0.3 is 5.97 Å². The van der Waals surface area contributed by atoms with E-state index in [0.717, 1.165) is 42.3 Å². The highest BCUT2D eigenvalue weighted by atomic mass is 16.5. The van der Waals surface area contributed by atoms with Gasteiger partial charge in [-0.2, -0.15) is 5.10 Å². The van der Waals surface area contributed by atoms with Crippen LogP contribution in [0.25, 0.3) is 21.8 Å². The number of aliphatic carboxylic acids is 1. The largest absolute Gasteiger partial charge is 0.480 e. The first kappa shape index (κ1) is 19.3. The molecule has 1 aliphatic heterocycles. The molecule has 0 spiro atoms. The van der Waals surface area contributed by atoms with Crippen LogP contribution in [-0.2, 0) is 16.1 Å². The number of hydrogen-bond acceptors (Lipinski definition) is 6. The van der Waals surface area contributed by atoms with Crippen LogP contribution in [0.15, 0.2) is 53.7 Å². The Morgan fingerprint density at radius 3 is 2.94 bits per heavy atom. The Morgan fingerprint density at radius 2 is 2.13 bits per heavy atom. The fourth-order valence-corrected chi connectivity index (χ4v) is 4.00. The summed E-state index contributed by atoms with van der Waals surface area (Å²) in [6.07, 6.45) is 7.94. The van der Waals surface area contributed by atoms with Gasteiger partial charge in [0.1, 0.15) is 6.54 Å². The molecule has 31 heavy (non-hydrogen) atoms. The second kappa shape index (κ2) is 7.84. The molecule has 1 fully saturated rings. The van der Waals surface area contributed by atoms with Gasteiger partial charge in [-0.3, -0.25) is 9.59 Å². The molecule has 4 heterocycles. The van der Waals surface area contributed by atoms with Crippen molar-refractivity contribution in [2.24, 2.45) is 0 Å². The SMILES string of the molecule is O=C(O)Cn1ccc2cccc(Nc3cnc4c(cnn4C4CCCCO4)c3)c2c1=O. The highest BCUT2D eigenvalue weighted by molar-refractivity contribution is 5.95. The van der Waals surface area contributed by atoms with E-state index in [1.807, 2.05) is 22.9 Å². The maximum Gasteiger partial charge on any atom is 0.323 e. The number of benzene rings is 1. The van der Waals surface area contributed by atoms with E-state index in [2.05, 4.69) is 15.4 Å². The van der Waals surface area contributed by atoms with Crippen LogP contribution < -0.4 is 10.9 Å². The third kappa shape index (κ3) is 3.64. The number of anilines is 2. The Balaban J connectivity index is 1.50. The molecule has 0 saturated carbocycles. The van der Waals surface area contributed by atoms with Gasteiger partial charge in [-0.05, 0) is 42.8 Å². The van der Waals surface area contributed by atoms with Crippen LogP contribution in [0, 0.1) is 0 Å². The quantitative estimate of drug-likeness (QED) is 0.511. The number of aromatic nitrogens is 4. The number of hydrogen-bond donors (Lipinski definition) is 2. The molecule has 0 aliphatic carbocycles. The van der Waals surface area contributed by atoms with Crippen LogP contribution in [0.5, 0.6) is 0 Å². The van der Waals surface area contributed by atoms with Crippen molar-refractivity contribution >= 4 is 39.1 Å². The van der Waals surface area contributed by atoms with Crippen molar-refractivity contribution in [3.8, 4) is 0 Å². The second-order valence-electron chi connectivity index (χ2n) is 7.58. The van der Waals surface area contributed by atoms with Crippen molar-refractivity contribution in [2.45, 2.75) is 32.0 Å². The van der Waals surface area contributed by atoms with E-state index in [4.69, 9.17) is 9.84 Å². The summed E-state index contributed by atoms with van der Waals surface area (Å²) >= 11 is 0. The second-order valence-corrected chi connectivity index (χ2v) is 7.58. The lowest BCUT2D eigenvalue weighted by atomic mass is 10.1. The molecule has 1 aliphatic rings. The minimum Gasteiger partial charge on any atom is -0.480 e. The van der Waals surface area contributed by atoms with Crippen molar-refractivity contribution in [3.05, 3.63) is 59.3 Å². The van der Waals surface area contributed by atoms with E-state index in [1.165, 1.54) is 10.8 Å². The fraction of sp³-hybridized carbons (Fsp3) is 0.273. The number of carboxylic acid groups (broad SMARTS) is 1. The third-order valence-electron chi connectivity index (χ3n) is 5.45. The van der Waals surface area contributed by atoms with Crippen LogP contribution >= 0.6 is 0 Å². The van der Waals surface area contributed by atoms with Gasteiger partial charge in [-0.1, -0.05) is 12.1 Å². The molecule has 1 saturated heterocycles. The van der Waals surface area contributed by atoms with Crippen molar-refractivity contribution < 1.29 is 14.6 Å². The highest BCUT2D eigenvalue weighted by Crippen LogP contribution is 2.28. The predicted octanol–water partition coefficient (Wildman–Crippen LogP) is 3.27. The van der Waals surface area contributed by atoms with E-state index in [1.54, 1.807) is 24.5 Å². The molecule has 9 nitrogen and oxygen atoms in total. The Kier molecular flexibility index (Phi) is 4.87. The minimum absolute atomic E-state index is 0.0941. The van der Waals surface area contributed by atoms with Gasteiger partial charge in [0.25, 0.3) is 5.56 Å². The predicted molar refractivity (Wildman–Crippen MR) is 115 cm³/mol. The molecule has 1 unspecified atom stereocenters. The van der Waals surface area contributed by atoms with Crippen LogP contribution in [0.1, 0.15) is 25.5 Å². The first-order valence-electron chi connectivity index (χ1n) is 10.2. The number of pyridine rings is 2. The highest BCUT2D eigenvalue weighted by Gasteiger charge is 2.19. The maximum atomic E-state index is 12.9. The van der Waals surface area contributed by atoms with Crippen LogP contribution in [0.4, 0.5) is 11.4 Å². The summed E-state index contributed by atoms with van der Waals surface area (Å²) in [5.74, 6) is -1.07. The summed E-state index contributed by atoms with van der Waals surface area (Å²) in [6, 6.07) is 9.11. The number of carbonyl (C=O) groups is 1. The number of fused-ring (bicyclic) bond motifs is 2. The molecule has 0 bridgehead atoms. The molecule has 3 aromatic heterocycles. The first-order valence-corrected chi connectivity index (χ1v) is 10.2. The van der Waals surface area contributed by atoms with Crippen molar-refractivity contribution in [2.75, 3.05) is 11.9 Å². The van der Waals surface area contributed by atoms with E-state index < -0.39 is 5.97 Å². The van der Waals surface area contributed by atoms with Crippen molar-refractivity contribution in [1.29, 1.82) is 0 Å². The molecule has 4 aromatic rings. The van der Waals surface area contributed by atoms with E-state index in [9.17, 15) is 9.59 Å². The molecule has 1 atom stereocenters. The molecular formula is C22H21N5O4. The number of nitrogens with zero attached hydrogens (tertiary/aromatic N) is 4. The standard InChI is InChI=1S/C22H21N5O4/c28-19(29)13-26-8-7-14-4-3-5-17(20(14)22(26)30)25-16-10-15-11-24-27(21(15)23-12-16)18-6-1-2-9-31-18/h3-5,7-8,10-12,18,25H,1-2,6,9,13H2,(H,28,29). The number of ether oxygens (including phenoxy) is 1. The van der Waals surface area contributed by atoms with Gasteiger partial charge in [0, 0.05) is 18.2 Å². The molecule has 0 amide bonds. The first-order chi connectivity index (χ1) is 15.1. The van der Waals surface area contributed by atoms with Gasteiger partial charge in [-0.25, -0.2) is 9.67 Å². The van der Waals surface area contributed by atoms with Gasteiger partial charge in [0.15, 0.2) is 11.9 Å². The number of carboxylic acids is 1. The average Bonchev–Trinajstić information content (AvgIpc) is 3.19. The summed E-state index contributed by atoms with van der Waals surface area (Å²) in [5.41, 5.74) is 1.68. The summed E-state index contributed by atoms with van der Waals surface area (Å²) in [7, 11) is 0. The Labute approximate surface area is 176 Å².